The predicted octanol–water partition coefficient (Wildman–Crippen LogP) is 6.06. The number of oxime groups is 1. The molecule has 1 aromatic heterocycles. The Labute approximate surface area is 214 Å². The average Bonchev–Trinajstić information content (AvgIpc) is 3.24. The van der Waals surface area contributed by atoms with Crippen LogP contribution in [0.1, 0.15) is 60.0 Å². The van der Waals surface area contributed by atoms with E-state index in [0.29, 0.717) is 58.4 Å². The molecule has 2 unspecified atom stereocenters. The van der Waals surface area contributed by atoms with E-state index in [2.05, 4.69) is 57.1 Å². The van der Waals surface area contributed by atoms with Crippen molar-refractivity contribution >= 4 is 37.1 Å². The highest BCUT2D eigenvalue weighted by Crippen LogP contribution is 2.43. The van der Waals surface area contributed by atoms with Crippen LogP contribution in [0.5, 0.6) is 11.5 Å². The summed E-state index contributed by atoms with van der Waals surface area (Å²) >= 11 is 0. The second-order valence-corrected chi connectivity index (χ2v) is 9.28. The van der Waals surface area contributed by atoms with Crippen LogP contribution in [0.15, 0.2) is 58.6 Å². The Morgan fingerprint density at radius 1 is 1.22 bits per heavy atom. The van der Waals surface area contributed by atoms with Crippen LogP contribution >= 0.6 is 9.24 Å². The van der Waals surface area contributed by atoms with Crippen molar-refractivity contribution < 1.29 is 23.9 Å². The molecule has 0 radical (unpaired) electrons. The van der Waals surface area contributed by atoms with E-state index in [-0.39, 0.29) is 18.3 Å². The number of hydrogen-bond donors (Lipinski definition) is 1. The minimum absolute atomic E-state index is 0.160. The van der Waals surface area contributed by atoms with Gasteiger partial charge in [-0.3, -0.25) is 4.79 Å². The fourth-order valence-corrected chi connectivity index (χ4v) is 4.16. The molecule has 0 saturated carbocycles. The molecule has 1 N–H and O–H groups in total. The highest BCUT2D eigenvalue weighted by molar-refractivity contribution is 7.27. The van der Waals surface area contributed by atoms with E-state index in [0.717, 1.165) is 11.7 Å². The molecule has 3 aromatic rings. The molecular formula is C28H33N2O5P. The van der Waals surface area contributed by atoms with Gasteiger partial charge in [0.05, 0.1) is 24.5 Å². The molecule has 3 rings (SSSR count). The molecule has 0 aliphatic heterocycles. The number of rotatable bonds is 12. The first-order chi connectivity index (χ1) is 17.3. The lowest BCUT2D eigenvalue weighted by Crippen LogP contribution is -2.12. The van der Waals surface area contributed by atoms with Gasteiger partial charge in [0.15, 0.2) is 17.4 Å². The first-order valence-electron chi connectivity index (χ1n) is 11.8. The molecule has 36 heavy (non-hydrogen) atoms. The summed E-state index contributed by atoms with van der Waals surface area (Å²) in [6.45, 7) is 11.4. The Morgan fingerprint density at radius 3 is 2.56 bits per heavy atom. The monoisotopic (exact) mass is 508 g/mol. The van der Waals surface area contributed by atoms with Gasteiger partial charge in [0.1, 0.15) is 5.52 Å². The van der Waals surface area contributed by atoms with E-state index in [1.807, 2.05) is 6.92 Å². The van der Waals surface area contributed by atoms with Gasteiger partial charge in [0.25, 0.3) is 0 Å². The Morgan fingerprint density at radius 2 is 1.92 bits per heavy atom. The van der Waals surface area contributed by atoms with Crippen molar-refractivity contribution in [1.29, 1.82) is 0 Å². The molecular weight excluding hydrogens is 475 g/mol. The van der Waals surface area contributed by atoms with Crippen LogP contribution in [0.2, 0.25) is 0 Å². The Bertz CT molecular complexity index is 1290. The van der Waals surface area contributed by atoms with E-state index in [9.17, 15) is 10.0 Å². The quantitative estimate of drug-likeness (QED) is 0.0798. The maximum absolute atomic E-state index is 12.7. The Kier molecular flexibility index (Phi) is 9.43. The number of aryl methyl sites for hydroxylation is 2. The summed E-state index contributed by atoms with van der Waals surface area (Å²) in [4.78, 5) is 17.2. The van der Waals surface area contributed by atoms with Crippen molar-refractivity contribution in [2.24, 2.45) is 5.16 Å². The summed E-state index contributed by atoms with van der Waals surface area (Å²) in [7, 11) is 2.69. The van der Waals surface area contributed by atoms with Crippen LogP contribution in [0.4, 0.5) is 0 Å². The smallest absolute Gasteiger partial charge is 0.207 e. The van der Waals surface area contributed by atoms with Gasteiger partial charge in [-0.2, -0.15) is 0 Å². The van der Waals surface area contributed by atoms with Crippen molar-refractivity contribution in [3.63, 3.8) is 0 Å². The second kappa shape index (κ2) is 12.5. The normalized spacial score (nSPS) is 12.8. The number of hydrogen-bond acceptors (Lipinski definition) is 7. The van der Waals surface area contributed by atoms with E-state index in [4.69, 9.17) is 13.9 Å². The van der Waals surface area contributed by atoms with Crippen molar-refractivity contribution in [1.82, 2.24) is 4.98 Å². The third kappa shape index (κ3) is 6.41. The average molecular weight is 509 g/mol. The molecule has 0 bridgehead atoms. The maximum atomic E-state index is 12.7. The Hall–Kier alpha value is -3.44. The number of carbonyl (C=O) groups is 1. The third-order valence-corrected chi connectivity index (χ3v) is 6.30. The Balaban J connectivity index is 1.91. The number of ketones is 1. The minimum Gasteiger partial charge on any atom is -0.488 e. The lowest BCUT2D eigenvalue weighted by Gasteiger charge is -2.19. The van der Waals surface area contributed by atoms with E-state index in [1.165, 1.54) is 12.5 Å². The zero-order valence-electron chi connectivity index (χ0n) is 21.2. The number of allylic oxidation sites excluding steroid dienone is 3. The second-order valence-electron chi connectivity index (χ2n) is 8.61. The molecule has 0 aliphatic rings. The molecule has 0 fully saturated rings. The molecule has 7 nitrogen and oxygen atoms in total. The summed E-state index contributed by atoms with van der Waals surface area (Å²) in [5.74, 6) is 1.25. The van der Waals surface area contributed by atoms with Crippen LogP contribution in [0, 0.1) is 13.8 Å². The fraction of sp³-hybridized carbons (Fsp3) is 0.321. The summed E-state index contributed by atoms with van der Waals surface area (Å²) in [5.41, 5.74) is 3.74. The first-order valence-corrected chi connectivity index (χ1v) is 12.4. The number of benzene rings is 2. The number of carbonyl (C=O) groups excluding carboxylic acids is 1. The molecule has 190 valence electrons. The van der Waals surface area contributed by atoms with Gasteiger partial charge in [-0.25, -0.2) is 4.98 Å². The van der Waals surface area contributed by atoms with Gasteiger partial charge in [-0.1, -0.05) is 55.1 Å². The molecule has 0 aliphatic carbocycles. The summed E-state index contributed by atoms with van der Waals surface area (Å²) in [6.07, 6.45) is 5.96. The molecule has 0 saturated heterocycles. The molecule has 1 heterocycles. The van der Waals surface area contributed by atoms with Crippen molar-refractivity contribution in [2.75, 3.05) is 13.2 Å². The molecule has 0 amide bonds. The van der Waals surface area contributed by atoms with Gasteiger partial charge >= 0.3 is 0 Å². The van der Waals surface area contributed by atoms with E-state index < -0.39 is 0 Å². The number of Topliss-reactive ketones (excluding diaryl/α,β-unsaturated/α-hetero) is 1. The van der Waals surface area contributed by atoms with Crippen LogP contribution < -0.4 is 14.8 Å². The topological polar surface area (TPSA) is 94.2 Å². The van der Waals surface area contributed by atoms with Gasteiger partial charge < -0.3 is 19.1 Å². The standard InChI is InChI=1S/C28H33N2O5P/c1-6-7-8-22(30-32)14-16-33-26-24(19(4)31)18(3)25-27(35-20(5)29-25)28(26)34-15-13-17(2)21-9-11-23(36)12-10-21/h6-12,17,32H,1,13-16,36H2,2-5H3/b8-7-,30-22-. The lowest BCUT2D eigenvalue weighted by atomic mass is 9.98. The van der Waals surface area contributed by atoms with Crippen LogP contribution in [-0.4, -0.2) is 34.9 Å². The molecule has 0 spiro atoms. The van der Waals surface area contributed by atoms with E-state index in [1.54, 1.807) is 25.2 Å². The number of nitrogens with zero attached hydrogens (tertiary/aromatic N) is 2. The minimum atomic E-state index is -0.164. The number of aromatic nitrogens is 1. The first kappa shape index (κ1) is 27.2. The number of ether oxygens (including phenoxy) is 2. The molecule has 2 aromatic carbocycles. The molecule has 8 heteroatoms. The van der Waals surface area contributed by atoms with Gasteiger partial charge in [0.2, 0.25) is 11.3 Å². The lowest BCUT2D eigenvalue weighted by molar-refractivity contribution is 0.101. The zero-order valence-corrected chi connectivity index (χ0v) is 22.4. The van der Waals surface area contributed by atoms with E-state index >= 15 is 0 Å². The summed E-state index contributed by atoms with van der Waals surface area (Å²) < 4.78 is 18.3. The van der Waals surface area contributed by atoms with Gasteiger partial charge in [-0.15, -0.1) is 9.24 Å². The van der Waals surface area contributed by atoms with Crippen LogP contribution in [0.25, 0.3) is 11.1 Å². The molecule has 2 atom stereocenters. The highest BCUT2D eigenvalue weighted by atomic mass is 31.0. The zero-order chi connectivity index (χ0) is 26.2. The van der Waals surface area contributed by atoms with Gasteiger partial charge in [-0.05, 0) is 48.7 Å². The third-order valence-electron chi connectivity index (χ3n) is 5.92. The summed E-state index contributed by atoms with van der Waals surface area (Å²) in [6, 6.07) is 8.36. The van der Waals surface area contributed by atoms with Crippen molar-refractivity contribution in [2.45, 2.75) is 46.5 Å². The number of oxazole rings is 1. The largest absolute Gasteiger partial charge is 0.488 e. The maximum Gasteiger partial charge on any atom is 0.207 e. The SMILES string of the molecule is C=C/C=C\C(CCOc1c(C(C)=O)c(C)c2nc(C)oc2c1OCCC(C)c1ccc(P)cc1)=N\O. The predicted molar refractivity (Wildman–Crippen MR) is 146 cm³/mol. The van der Waals surface area contributed by atoms with Crippen molar-refractivity contribution in [3.05, 3.63) is 71.7 Å². The van der Waals surface area contributed by atoms with Crippen molar-refractivity contribution in [3.8, 4) is 11.5 Å². The van der Waals surface area contributed by atoms with Crippen LogP contribution in [-0.2, 0) is 0 Å². The van der Waals surface area contributed by atoms with Crippen LogP contribution in [0.3, 0.4) is 0 Å². The summed E-state index contributed by atoms with van der Waals surface area (Å²) in [5, 5.41) is 13.7. The fourth-order valence-electron chi connectivity index (χ4n) is 3.97. The number of fused-ring (bicyclic) bond motifs is 1. The van der Waals surface area contributed by atoms with Gasteiger partial charge in [0, 0.05) is 13.3 Å². The highest BCUT2D eigenvalue weighted by Gasteiger charge is 2.26.